The van der Waals surface area contributed by atoms with Crippen LogP contribution in [0.25, 0.3) is 0 Å². The summed E-state index contributed by atoms with van der Waals surface area (Å²) in [6.07, 6.45) is 0. The zero-order valence-electron chi connectivity index (χ0n) is 9.29. The van der Waals surface area contributed by atoms with Crippen molar-refractivity contribution in [2.45, 2.75) is 19.9 Å². The van der Waals surface area contributed by atoms with Gasteiger partial charge < -0.3 is 5.32 Å². The molecule has 0 saturated carbocycles. The molecule has 0 aliphatic rings. The van der Waals surface area contributed by atoms with Crippen LogP contribution >= 0.6 is 34.3 Å². The lowest BCUT2D eigenvalue weighted by molar-refractivity contribution is 0.641. The molecule has 1 unspecified atom stereocenters. The fraction of sp³-hybridized carbons (Fsp3) is 0.333. The Labute approximate surface area is 109 Å². The molecule has 2 heterocycles. The van der Waals surface area contributed by atoms with Crippen LogP contribution in [0.3, 0.4) is 0 Å². The van der Waals surface area contributed by atoms with E-state index >= 15 is 0 Å². The first-order chi connectivity index (χ1) is 7.70. The Morgan fingerprint density at radius 3 is 2.75 bits per heavy atom. The van der Waals surface area contributed by atoms with Crippen LogP contribution < -0.4 is 5.32 Å². The molecule has 1 nitrogen and oxygen atoms in total. The summed E-state index contributed by atoms with van der Waals surface area (Å²) in [7, 11) is 0. The summed E-state index contributed by atoms with van der Waals surface area (Å²) in [5.41, 5.74) is 1.34. The molecular weight excluding hydrogens is 258 g/mol. The number of thiophene rings is 2. The van der Waals surface area contributed by atoms with Crippen molar-refractivity contribution in [3.8, 4) is 0 Å². The molecule has 2 rings (SSSR count). The largest absolute Gasteiger partial charge is 0.306 e. The zero-order valence-corrected chi connectivity index (χ0v) is 11.7. The number of hydrogen-bond donors (Lipinski definition) is 1. The molecule has 1 N–H and O–H groups in total. The average Bonchev–Trinajstić information content (AvgIpc) is 2.84. The first kappa shape index (κ1) is 12.1. The first-order valence-corrected chi connectivity index (χ1v) is 7.31. The van der Waals surface area contributed by atoms with Crippen molar-refractivity contribution >= 4 is 34.3 Å². The quantitative estimate of drug-likeness (QED) is 0.865. The van der Waals surface area contributed by atoms with Crippen molar-refractivity contribution in [3.05, 3.63) is 43.2 Å². The lowest BCUT2D eigenvalue weighted by Gasteiger charge is -2.14. The lowest BCUT2D eigenvalue weighted by atomic mass is 10.1. The second-order valence-corrected chi connectivity index (χ2v) is 6.49. The van der Waals surface area contributed by atoms with Gasteiger partial charge in [0.2, 0.25) is 0 Å². The summed E-state index contributed by atoms with van der Waals surface area (Å²) in [5.74, 6) is 0. The fourth-order valence-electron chi connectivity index (χ4n) is 1.69. The standard InChI is InChI=1S/C12H14ClNS2/c1-3-14-12(9-6-8(2)15-7-9)10-4-5-11(13)16-10/h4-7,12,14H,3H2,1-2H3. The highest BCUT2D eigenvalue weighted by molar-refractivity contribution is 7.16. The molecule has 86 valence electrons. The van der Waals surface area contributed by atoms with Crippen molar-refractivity contribution in [3.63, 3.8) is 0 Å². The summed E-state index contributed by atoms with van der Waals surface area (Å²) < 4.78 is 0.852. The molecule has 0 aromatic carbocycles. The van der Waals surface area contributed by atoms with Gasteiger partial charge in [0.25, 0.3) is 0 Å². The molecule has 0 fully saturated rings. The molecule has 0 amide bonds. The van der Waals surface area contributed by atoms with E-state index in [2.05, 4.69) is 36.7 Å². The third-order valence-electron chi connectivity index (χ3n) is 2.37. The van der Waals surface area contributed by atoms with E-state index in [1.165, 1.54) is 15.3 Å². The molecule has 2 aromatic heterocycles. The highest BCUT2D eigenvalue weighted by Crippen LogP contribution is 2.32. The number of rotatable bonds is 4. The monoisotopic (exact) mass is 271 g/mol. The molecule has 4 heteroatoms. The van der Waals surface area contributed by atoms with Gasteiger partial charge in [-0.05, 0) is 42.6 Å². The summed E-state index contributed by atoms with van der Waals surface area (Å²) >= 11 is 9.43. The number of aryl methyl sites for hydroxylation is 1. The van der Waals surface area contributed by atoms with E-state index in [1.807, 2.05) is 6.07 Å². The van der Waals surface area contributed by atoms with Gasteiger partial charge in [-0.15, -0.1) is 22.7 Å². The number of hydrogen-bond acceptors (Lipinski definition) is 3. The van der Waals surface area contributed by atoms with Crippen LogP contribution in [0.2, 0.25) is 4.34 Å². The maximum atomic E-state index is 5.99. The summed E-state index contributed by atoms with van der Waals surface area (Å²) in [5, 5.41) is 5.72. The minimum atomic E-state index is 0.285. The summed E-state index contributed by atoms with van der Waals surface area (Å²) in [6, 6.07) is 6.59. The van der Waals surface area contributed by atoms with Gasteiger partial charge in [0, 0.05) is 9.75 Å². The van der Waals surface area contributed by atoms with Crippen LogP contribution in [0.15, 0.2) is 23.6 Å². The Morgan fingerprint density at radius 1 is 1.44 bits per heavy atom. The second kappa shape index (κ2) is 5.32. The Kier molecular flexibility index (Phi) is 4.03. The molecule has 0 bridgehead atoms. The van der Waals surface area contributed by atoms with Gasteiger partial charge in [-0.3, -0.25) is 0 Å². The Bertz CT molecular complexity index is 421. The van der Waals surface area contributed by atoms with Gasteiger partial charge in [0.15, 0.2) is 0 Å². The zero-order chi connectivity index (χ0) is 11.5. The summed E-state index contributed by atoms with van der Waals surface area (Å²) in [4.78, 5) is 2.63. The van der Waals surface area contributed by atoms with Crippen molar-refractivity contribution < 1.29 is 0 Å². The molecule has 16 heavy (non-hydrogen) atoms. The SMILES string of the molecule is CCNC(c1csc(C)c1)c1ccc(Cl)s1. The third kappa shape index (κ3) is 2.66. The van der Waals surface area contributed by atoms with Crippen LogP contribution in [0, 0.1) is 6.92 Å². The molecular formula is C12H14ClNS2. The van der Waals surface area contributed by atoms with Gasteiger partial charge in [0.05, 0.1) is 10.4 Å². The van der Waals surface area contributed by atoms with Crippen LogP contribution in [-0.4, -0.2) is 6.54 Å². The predicted octanol–water partition coefficient (Wildman–Crippen LogP) is 4.47. The molecule has 0 spiro atoms. The smallest absolute Gasteiger partial charge is 0.0931 e. The van der Waals surface area contributed by atoms with Crippen molar-refractivity contribution in [2.24, 2.45) is 0 Å². The maximum Gasteiger partial charge on any atom is 0.0931 e. The van der Waals surface area contributed by atoms with Crippen LogP contribution in [0.4, 0.5) is 0 Å². The lowest BCUT2D eigenvalue weighted by Crippen LogP contribution is -2.20. The second-order valence-electron chi connectivity index (χ2n) is 3.62. The molecule has 0 aliphatic carbocycles. The van der Waals surface area contributed by atoms with E-state index in [4.69, 9.17) is 11.6 Å². The minimum absolute atomic E-state index is 0.285. The van der Waals surface area contributed by atoms with Crippen LogP contribution in [0.1, 0.15) is 28.3 Å². The van der Waals surface area contributed by atoms with E-state index < -0.39 is 0 Å². The van der Waals surface area contributed by atoms with Gasteiger partial charge in [-0.2, -0.15) is 0 Å². The van der Waals surface area contributed by atoms with Gasteiger partial charge in [0.1, 0.15) is 0 Å². The van der Waals surface area contributed by atoms with Gasteiger partial charge >= 0.3 is 0 Å². The van der Waals surface area contributed by atoms with Gasteiger partial charge in [-0.1, -0.05) is 18.5 Å². The van der Waals surface area contributed by atoms with Crippen LogP contribution in [-0.2, 0) is 0 Å². The fourth-order valence-corrected chi connectivity index (χ4v) is 3.58. The molecule has 0 radical (unpaired) electrons. The Hall–Kier alpha value is -0.350. The van der Waals surface area contributed by atoms with Gasteiger partial charge in [-0.25, -0.2) is 0 Å². The van der Waals surface area contributed by atoms with Crippen molar-refractivity contribution in [1.29, 1.82) is 0 Å². The molecule has 0 aliphatic heterocycles. The first-order valence-electron chi connectivity index (χ1n) is 5.24. The van der Waals surface area contributed by atoms with Crippen molar-refractivity contribution in [2.75, 3.05) is 6.54 Å². The minimum Gasteiger partial charge on any atom is -0.306 e. The molecule has 1 atom stereocenters. The molecule has 0 saturated heterocycles. The van der Waals surface area contributed by atoms with E-state index in [1.54, 1.807) is 22.7 Å². The van der Waals surface area contributed by atoms with E-state index in [0.717, 1.165) is 10.9 Å². The van der Waals surface area contributed by atoms with E-state index in [0.29, 0.717) is 0 Å². The van der Waals surface area contributed by atoms with E-state index in [-0.39, 0.29) is 6.04 Å². The topological polar surface area (TPSA) is 12.0 Å². The van der Waals surface area contributed by atoms with Crippen molar-refractivity contribution in [1.82, 2.24) is 5.32 Å². The maximum absolute atomic E-state index is 5.99. The normalized spacial score (nSPS) is 12.9. The third-order valence-corrected chi connectivity index (χ3v) is 4.55. The highest BCUT2D eigenvalue weighted by Gasteiger charge is 2.15. The van der Waals surface area contributed by atoms with Crippen LogP contribution in [0.5, 0.6) is 0 Å². The molecule has 2 aromatic rings. The Balaban J connectivity index is 2.30. The average molecular weight is 272 g/mol. The predicted molar refractivity (Wildman–Crippen MR) is 73.9 cm³/mol. The highest BCUT2D eigenvalue weighted by atomic mass is 35.5. The Morgan fingerprint density at radius 2 is 2.25 bits per heavy atom. The summed E-state index contributed by atoms with van der Waals surface area (Å²) in [6.45, 7) is 5.22. The number of halogens is 1. The number of nitrogens with one attached hydrogen (secondary N) is 1. The van der Waals surface area contributed by atoms with E-state index in [9.17, 15) is 0 Å².